The summed E-state index contributed by atoms with van der Waals surface area (Å²) in [4.78, 5) is 0. The summed E-state index contributed by atoms with van der Waals surface area (Å²) in [5.41, 5.74) is 8.68. The average molecular weight is 283 g/mol. The molecule has 1 saturated heterocycles. The monoisotopic (exact) mass is 283 g/mol. The van der Waals surface area contributed by atoms with Crippen molar-refractivity contribution in [1.29, 1.82) is 0 Å². The first-order valence-electron chi connectivity index (χ1n) is 6.44. The smallest absolute Gasteiger partial charge is 0.211 e. The number of nitrogens with zero attached hydrogens (tertiary/aromatic N) is 1. The van der Waals surface area contributed by atoms with E-state index in [0.717, 1.165) is 29.8 Å². The number of aryl methyl sites for hydroxylation is 1. The molecule has 1 heterocycles. The van der Waals surface area contributed by atoms with E-state index in [1.807, 2.05) is 25.1 Å². The first-order valence-corrected chi connectivity index (χ1v) is 8.29. The van der Waals surface area contributed by atoms with Gasteiger partial charge in [-0.15, -0.1) is 0 Å². The molecule has 0 unspecified atom stereocenters. The molecule has 0 saturated carbocycles. The third kappa shape index (κ3) is 3.61. The van der Waals surface area contributed by atoms with Crippen LogP contribution in [0.2, 0.25) is 0 Å². The van der Waals surface area contributed by atoms with Crippen molar-refractivity contribution < 1.29 is 8.42 Å². The minimum Gasteiger partial charge on any atom is -0.399 e. The summed E-state index contributed by atoms with van der Waals surface area (Å²) < 4.78 is 24.4. The van der Waals surface area contributed by atoms with Gasteiger partial charge in [0.25, 0.3) is 0 Å². The van der Waals surface area contributed by atoms with Crippen LogP contribution < -0.4 is 11.1 Å². The zero-order chi connectivity index (χ0) is 14.0. The molecule has 0 aromatic heterocycles. The van der Waals surface area contributed by atoms with Crippen LogP contribution in [0.15, 0.2) is 18.2 Å². The van der Waals surface area contributed by atoms with Crippen LogP contribution in [0.1, 0.15) is 18.4 Å². The van der Waals surface area contributed by atoms with Gasteiger partial charge in [-0.3, -0.25) is 0 Å². The maximum atomic E-state index is 11.4. The van der Waals surface area contributed by atoms with Gasteiger partial charge in [0.05, 0.1) is 6.26 Å². The minimum absolute atomic E-state index is 0.320. The highest BCUT2D eigenvalue weighted by molar-refractivity contribution is 7.88. The Balaban J connectivity index is 1.94. The molecule has 0 aliphatic carbocycles. The topological polar surface area (TPSA) is 75.4 Å². The van der Waals surface area contributed by atoms with Crippen molar-refractivity contribution in [3.05, 3.63) is 23.8 Å². The third-order valence-corrected chi connectivity index (χ3v) is 4.87. The van der Waals surface area contributed by atoms with Crippen molar-refractivity contribution in [1.82, 2.24) is 4.31 Å². The van der Waals surface area contributed by atoms with E-state index in [9.17, 15) is 8.42 Å². The first kappa shape index (κ1) is 14.1. The molecule has 3 N–H and O–H groups in total. The summed E-state index contributed by atoms with van der Waals surface area (Å²) >= 11 is 0. The van der Waals surface area contributed by atoms with Crippen molar-refractivity contribution >= 4 is 21.4 Å². The highest BCUT2D eigenvalue weighted by Crippen LogP contribution is 2.21. The van der Waals surface area contributed by atoms with E-state index < -0.39 is 10.0 Å². The van der Waals surface area contributed by atoms with Gasteiger partial charge in [0.15, 0.2) is 0 Å². The minimum atomic E-state index is -3.05. The third-order valence-electron chi connectivity index (χ3n) is 3.56. The number of nitrogen functional groups attached to an aromatic ring is 1. The number of anilines is 2. The van der Waals surface area contributed by atoms with Crippen LogP contribution in [0.3, 0.4) is 0 Å². The molecule has 0 amide bonds. The molecule has 1 aromatic carbocycles. The van der Waals surface area contributed by atoms with E-state index in [1.54, 1.807) is 4.31 Å². The predicted molar refractivity (Wildman–Crippen MR) is 78.7 cm³/mol. The number of hydrogen-bond donors (Lipinski definition) is 2. The lowest BCUT2D eigenvalue weighted by Gasteiger charge is -2.31. The zero-order valence-electron chi connectivity index (χ0n) is 11.4. The summed E-state index contributed by atoms with van der Waals surface area (Å²) in [5, 5.41) is 3.44. The molecule has 1 aliphatic rings. The summed E-state index contributed by atoms with van der Waals surface area (Å²) in [6.07, 6.45) is 2.93. The maximum Gasteiger partial charge on any atom is 0.211 e. The highest BCUT2D eigenvalue weighted by Gasteiger charge is 2.24. The van der Waals surface area contributed by atoms with Crippen molar-refractivity contribution in [2.45, 2.75) is 25.8 Å². The van der Waals surface area contributed by atoms with Gasteiger partial charge in [-0.05, 0) is 43.5 Å². The van der Waals surface area contributed by atoms with Crippen molar-refractivity contribution in [2.24, 2.45) is 0 Å². The average Bonchev–Trinajstić information content (AvgIpc) is 2.33. The molecule has 1 aliphatic heterocycles. The Morgan fingerprint density at radius 1 is 1.32 bits per heavy atom. The lowest BCUT2D eigenvalue weighted by Crippen LogP contribution is -2.41. The van der Waals surface area contributed by atoms with Crippen molar-refractivity contribution in [3.63, 3.8) is 0 Å². The van der Waals surface area contributed by atoms with Gasteiger partial charge < -0.3 is 11.1 Å². The number of hydrogen-bond acceptors (Lipinski definition) is 4. The molecular formula is C13H21N3O2S. The van der Waals surface area contributed by atoms with E-state index in [4.69, 9.17) is 5.73 Å². The molecule has 0 radical (unpaired) electrons. The Morgan fingerprint density at radius 2 is 1.95 bits per heavy atom. The largest absolute Gasteiger partial charge is 0.399 e. The first-order chi connectivity index (χ1) is 8.86. The van der Waals surface area contributed by atoms with Crippen LogP contribution in [0, 0.1) is 6.92 Å². The Kier molecular flexibility index (Phi) is 4.01. The van der Waals surface area contributed by atoms with E-state index in [0.29, 0.717) is 19.1 Å². The van der Waals surface area contributed by atoms with Crippen LogP contribution in [-0.4, -0.2) is 38.1 Å². The van der Waals surface area contributed by atoms with Gasteiger partial charge in [0, 0.05) is 30.5 Å². The number of nitrogens with two attached hydrogens (primary N) is 1. The summed E-state index contributed by atoms with van der Waals surface area (Å²) in [5.74, 6) is 0. The van der Waals surface area contributed by atoms with Gasteiger partial charge in [-0.25, -0.2) is 12.7 Å². The molecule has 5 nitrogen and oxygen atoms in total. The predicted octanol–water partition coefficient (Wildman–Crippen LogP) is 1.41. The number of sulfonamides is 1. The van der Waals surface area contributed by atoms with E-state index >= 15 is 0 Å². The van der Waals surface area contributed by atoms with Crippen LogP contribution in [0.4, 0.5) is 11.4 Å². The van der Waals surface area contributed by atoms with E-state index in [-0.39, 0.29) is 0 Å². The van der Waals surface area contributed by atoms with Gasteiger partial charge in [-0.1, -0.05) is 0 Å². The Bertz CT molecular complexity index is 549. The lowest BCUT2D eigenvalue weighted by atomic mass is 10.1. The summed E-state index contributed by atoms with van der Waals surface area (Å²) in [7, 11) is -3.05. The fourth-order valence-corrected chi connectivity index (χ4v) is 3.21. The second-order valence-corrected chi connectivity index (χ2v) is 7.13. The zero-order valence-corrected chi connectivity index (χ0v) is 12.2. The number of benzene rings is 1. The summed E-state index contributed by atoms with van der Waals surface area (Å²) in [6.45, 7) is 3.15. The van der Waals surface area contributed by atoms with Crippen LogP contribution in [-0.2, 0) is 10.0 Å². The Labute approximate surface area is 114 Å². The summed E-state index contributed by atoms with van der Waals surface area (Å²) in [6, 6.07) is 6.20. The van der Waals surface area contributed by atoms with Crippen LogP contribution in [0.25, 0.3) is 0 Å². The maximum absolute atomic E-state index is 11.4. The SMILES string of the molecule is Cc1cc(NC2CCN(S(C)(=O)=O)CC2)ccc1N. The van der Waals surface area contributed by atoms with E-state index in [1.165, 1.54) is 6.26 Å². The molecular weight excluding hydrogens is 262 g/mol. The normalized spacial score (nSPS) is 18.4. The molecule has 1 fully saturated rings. The molecule has 106 valence electrons. The lowest BCUT2D eigenvalue weighted by molar-refractivity contribution is 0.332. The highest BCUT2D eigenvalue weighted by atomic mass is 32.2. The number of piperidine rings is 1. The molecule has 0 bridgehead atoms. The molecule has 19 heavy (non-hydrogen) atoms. The molecule has 1 aromatic rings. The van der Waals surface area contributed by atoms with Crippen LogP contribution >= 0.6 is 0 Å². The standard InChI is InChI=1S/C13H21N3O2S/c1-10-9-12(3-4-13(10)14)15-11-5-7-16(8-6-11)19(2,17)18/h3-4,9,11,15H,5-8,14H2,1-2H3. The Hall–Kier alpha value is -1.27. The van der Waals surface area contributed by atoms with Crippen molar-refractivity contribution in [3.8, 4) is 0 Å². The fourth-order valence-electron chi connectivity index (χ4n) is 2.33. The second kappa shape index (κ2) is 5.38. The van der Waals surface area contributed by atoms with Gasteiger partial charge in [0.2, 0.25) is 10.0 Å². The Morgan fingerprint density at radius 3 is 2.47 bits per heavy atom. The number of rotatable bonds is 3. The molecule has 0 atom stereocenters. The fraction of sp³-hybridized carbons (Fsp3) is 0.538. The van der Waals surface area contributed by atoms with E-state index in [2.05, 4.69) is 5.32 Å². The second-order valence-electron chi connectivity index (χ2n) is 5.15. The quantitative estimate of drug-likeness (QED) is 0.823. The van der Waals surface area contributed by atoms with Gasteiger partial charge in [0.1, 0.15) is 0 Å². The molecule has 2 rings (SSSR count). The molecule has 6 heteroatoms. The van der Waals surface area contributed by atoms with Gasteiger partial charge >= 0.3 is 0 Å². The van der Waals surface area contributed by atoms with Gasteiger partial charge in [-0.2, -0.15) is 0 Å². The number of nitrogens with one attached hydrogen (secondary N) is 1. The molecule has 0 spiro atoms. The van der Waals surface area contributed by atoms with Crippen molar-refractivity contribution in [2.75, 3.05) is 30.4 Å². The van der Waals surface area contributed by atoms with Crippen LogP contribution in [0.5, 0.6) is 0 Å².